The van der Waals surface area contributed by atoms with Crippen molar-refractivity contribution in [1.82, 2.24) is 10.2 Å². The van der Waals surface area contributed by atoms with Gasteiger partial charge < -0.3 is 11.1 Å². The van der Waals surface area contributed by atoms with Crippen LogP contribution < -0.4 is 11.1 Å². The summed E-state index contributed by atoms with van der Waals surface area (Å²) in [6.07, 6.45) is 5.68. The molecule has 3 atom stereocenters. The van der Waals surface area contributed by atoms with E-state index < -0.39 is 0 Å². The molecule has 1 heterocycles. The van der Waals surface area contributed by atoms with E-state index in [1.165, 1.54) is 38.8 Å². The summed E-state index contributed by atoms with van der Waals surface area (Å²) in [5.74, 6) is 1.92. The van der Waals surface area contributed by atoms with E-state index in [1.807, 2.05) is 0 Å². The number of carbonyl (C=O) groups excluding carboxylic acids is 1. The third kappa shape index (κ3) is 3.95. The molecule has 2 fully saturated rings. The quantitative estimate of drug-likeness (QED) is 0.741. The van der Waals surface area contributed by atoms with E-state index in [2.05, 4.69) is 17.1 Å². The van der Waals surface area contributed by atoms with Crippen LogP contribution in [0.5, 0.6) is 0 Å². The van der Waals surface area contributed by atoms with E-state index in [4.69, 9.17) is 5.73 Å². The van der Waals surface area contributed by atoms with E-state index in [-0.39, 0.29) is 5.91 Å². The van der Waals surface area contributed by atoms with Crippen molar-refractivity contribution in [3.63, 3.8) is 0 Å². The summed E-state index contributed by atoms with van der Waals surface area (Å²) in [7, 11) is 0. The van der Waals surface area contributed by atoms with Crippen molar-refractivity contribution in [2.24, 2.45) is 17.6 Å². The van der Waals surface area contributed by atoms with Gasteiger partial charge in [-0.2, -0.15) is 0 Å². The number of amides is 1. The Morgan fingerprint density at radius 3 is 2.89 bits per heavy atom. The first-order chi connectivity index (χ1) is 8.70. The minimum absolute atomic E-state index is 0.0998. The highest BCUT2D eigenvalue weighted by atomic mass is 16.1. The highest BCUT2D eigenvalue weighted by Crippen LogP contribution is 2.39. The molecule has 1 amide bonds. The average molecular weight is 253 g/mol. The van der Waals surface area contributed by atoms with Crippen molar-refractivity contribution in [3.8, 4) is 0 Å². The van der Waals surface area contributed by atoms with Crippen LogP contribution in [0.15, 0.2) is 0 Å². The van der Waals surface area contributed by atoms with Crippen molar-refractivity contribution in [3.05, 3.63) is 0 Å². The summed E-state index contributed by atoms with van der Waals surface area (Å²) >= 11 is 0. The number of hydrogen-bond donors (Lipinski definition) is 2. The summed E-state index contributed by atoms with van der Waals surface area (Å²) in [5, 5.41) is 3.03. The second-order valence-electron chi connectivity index (χ2n) is 5.96. The summed E-state index contributed by atoms with van der Waals surface area (Å²) in [5.41, 5.74) is 5.38. The van der Waals surface area contributed by atoms with Crippen molar-refractivity contribution < 1.29 is 4.79 Å². The fraction of sp³-hybridized carbons (Fsp3) is 0.929. The molecule has 0 radical (unpaired) electrons. The topological polar surface area (TPSA) is 58.4 Å². The first-order valence-corrected chi connectivity index (χ1v) is 7.41. The maximum atomic E-state index is 11.5. The molecule has 0 spiro atoms. The minimum Gasteiger partial charge on any atom is -0.354 e. The molecule has 4 nitrogen and oxygen atoms in total. The Balaban J connectivity index is 1.74. The van der Waals surface area contributed by atoms with Crippen molar-refractivity contribution in [2.75, 3.05) is 26.2 Å². The summed E-state index contributed by atoms with van der Waals surface area (Å²) in [6, 6.07) is 0.549. The monoisotopic (exact) mass is 253 g/mol. The highest BCUT2D eigenvalue weighted by Gasteiger charge is 2.36. The van der Waals surface area contributed by atoms with Crippen LogP contribution >= 0.6 is 0 Å². The molecule has 3 N–H and O–H groups in total. The number of nitrogens with one attached hydrogen (secondary N) is 1. The van der Waals surface area contributed by atoms with Gasteiger partial charge in [0, 0.05) is 32.1 Å². The van der Waals surface area contributed by atoms with Crippen molar-refractivity contribution >= 4 is 5.91 Å². The molecule has 18 heavy (non-hydrogen) atoms. The molecule has 0 aromatic rings. The van der Waals surface area contributed by atoms with Crippen molar-refractivity contribution in [1.29, 1.82) is 0 Å². The second-order valence-corrected chi connectivity index (χ2v) is 5.96. The maximum absolute atomic E-state index is 11.5. The molecule has 104 valence electrons. The van der Waals surface area contributed by atoms with Gasteiger partial charge in [0.25, 0.3) is 0 Å². The lowest BCUT2D eigenvalue weighted by Crippen LogP contribution is -2.47. The zero-order valence-electron chi connectivity index (χ0n) is 11.5. The molecule has 4 heteroatoms. The predicted molar refractivity (Wildman–Crippen MR) is 73.2 cm³/mol. The number of nitrogens with zero attached hydrogens (tertiary/aromatic N) is 1. The normalized spacial score (nSPS) is 32.2. The molecule has 1 saturated heterocycles. The van der Waals surface area contributed by atoms with E-state index >= 15 is 0 Å². The van der Waals surface area contributed by atoms with Crippen LogP contribution in [-0.4, -0.2) is 43.0 Å². The van der Waals surface area contributed by atoms with Crippen LogP contribution in [0.3, 0.4) is 0 Å². The van der Waals surface area contributed by atoms with Gasteiger partial charge in [-0.3, -0.25) is 9.69 Å². The predicted octanol–water partition coefficient (Wildman–Crippen LogP) is 0.962. The zero-order valence-corrected chi connectivity index (χ0v) is 11.5. The molecule has 2 rings (SSSR count). The zero-order chi connectivity index (χ0) is 13.0. The largest absolute Gasteiger partial charge is 0.354 e. The molecular weight excluding hydrogens is 226 g/mol. The number of likely N-dealkylation sites (tertiary alicyclic amines) is 1. The van der Waals surface area contributed by atoms with E-state index in [0.717, 1.165) is 18.4 Å². The second kappa shape index (κ2) is 6.53. The van der Waals surface area contributed by atoms with Gasteiger partial charge in [-0.05, 0) is 37.6 Å². The SMILES string of the molecule is CC1CC1CN1CCCCC1CNC(=O)CCN. The van der Waals surface area contributed by atoms with Crippen molar-refractivity contribution in [2.45, 2.75) is 45.1 Å². The Morgan fingerprint density at radius 2 is 2.22 bits per heavy atom. The minimum atomic E-state index is 0.0998. The lowest BCUT2D eigenvalue weighted by atomic mass is 10.0. The van der Waals surface area contributed by atoms with Crippen LogP contribution in [0.2, 0.25) is 0 Å². The van der Waals surface area contributed by atoms with Crippen LogP contribution in [0.25, 0.3) is 0 Å². The van der Waals surface area contributed by atoms with Gasteiger partial charge in [0.05, 0.1) is 0 Å². The lowest BCUT2D eigenvalue weighted by Gasteiger charge is -2.36. The first-order valence-electron chi connectivity index (χ1n) is 7.41. The standard InChI is InChI=1S/C14H27N3O/c1-11-8-12(11)10-17-7-3-2-4-13(17)9-16-14(18)5-6-15/h11-13H,2-10,15H2,1H3,(H,16,18). The molecule has 1 aliphatic carbocycles. The van der Waals surface area contributed by atoms with Gasteiger partial charge in [-0.25, -0.2) is 0 Å². The third-order valence-corrected chi connectivity index (χ3v) is 4.40. The van der Waals surface area contributed by atoms with E-state index in [9.17, 15) is 4.79 Å². The molecule has 1 aliphatic heterocycles. The van der Waals surface area contributed by atoms with Gasteiger partial charge in [0.2, 0.25) is 5.91 Å². The van der Waals surface area contributed by atoms with Gasteiger partial charge in [0.1, 0.15) is 0 Å². The van der Waals surface area contributed by atoms with E-state index in [1.54, 1.807) is 0 Å². The summed E-state index contributed by atoms with van der Waals surface area (Å²) in [4.78, 5) is 14.1. The molecule has 2 aliphatic rings. The summed E-state index contributed by atoms with van der Waals surface area (Å²) in [6.45, 7) is 6.03. The first kappa shape index (κ1) is 13.8. The Bertz CT molecular complexity index is 282. The van der Waals surface area contributed by atoms with Gasteiger partial charge in [0.15, 0.2) is 0 Å². The molecule has 3 unspecified atom stereocenters. The third-order valence-electron chi connectivity index (χ3n) is 4.40. The highest BCUT2D eigenvalue weighted by molar-refractivity contribution is 5.76. The average Bonchev–Trinajstić information content (AvgIpc) is 3.04. The maximum Gasteiger partial charge on any atom is 0.221 e. The molecular formula is C14H27N3O. The van der Waals surface area contributed by atoms with Gasteiger partial charge in [-0.15, -0.1) is 0 Å². The van der Waals surface area contributed by atoms with Crippen LogP contribution in [0, 0.1) is 11.8 Å². The molecule has 0 bridgehead atoms. The Morgan fingerprint density at radius 1 is 1.44 bits per heavy atom. The molecule has 0 aromatic heterocycles. The molecule has 0 aromatic carbocycles. The Kier molecular flexibility index (Phi) is 5.01. The van der Waals surface area contributed by atoms with Gasteiger partial charge >= 0.3 is 0 Å². The molecule has 1 saturated carbocycles. The Labute approximate surface area is 110 Å². The number of carbonyl (C=O) groups is 1. The number of hydrogen-bond acceptors (Lipinski definition) is 3. The van der Waals surface area contributed by atoms with E-state index in [0.29, 0.717) is 19.0 Å². The number of piperidine rings is 1. The Hall–Kier alpha value is -0.610. The number of nitrogens with two attached hydrogens (primary N) is 1. The fourth-order valence-electron chi connectivity index (χ4n) is 2.94. The number of rotatable bonds is 6. The lowest BCUT2D eigenvalue weighted by molar-refractivity contribution is -0.121. The van der Waals surface area contributed by atoms with Crippen LogP contribution in [0.1, 0.15) is 39.0 Å². The van der Waals surface area contributed by atoms with Crippen LogP contribution in [-0.2, 0) is 4.79 Å². The van der Waals surface area contributed by atoms with Crippen LogP contribution in [0.4, 0.5) is 0 Å². The smallest absolute Gasteiger partial charge is 0.221 e. The van der Waals surface area contributed by atoms with Gasteiger partial charge in [-0.1, -0.05) is 13.3 Å². The summed E-state index contributed by atoms with van der Waals surface area (Å²) < 4.78 is 0. The fourth-order valence-corrected chi connectivity index (χ4v) is 2.94.